The predicted octanol–water partition coefficient (Wildman–Crippen LogP) is 1.47. The zero-order valence-electron chi connectivity index (χ0n) is 7.36. The molecule has 0 heterocycles. The molecule has 0 aliphatic rings. The molecule has 0 atom stereocenters. The molecule has 0 aromatic heterocycles. The largest absolute Gasteiger partial charge is 0.508 e. The van der Waals surface area contributed by atoms with Crippen molar-refractivity contribution < 1.29 is 18.6 Å². The number of phenols is 2. The van der Waals surface area contributed by atoms with Gasteiger partial charge in [-0.05, 0) is 24.6 Å². The van der Waals surface area contributed by atoms with Gasteiger partial charge in [0, 0.05) is 16.2 Å². The number of aryl methyl sites for hydroxylation is 1. The minimum absolute atomic E-state index is 0.0712. The van der Waals surface area contributed by atoms with E-state index in [1.165, 1.54) is 12.1 Å². The Bertz CT molecular complexity index is 453. The van der Waals surface area contributed by atoms with Gasteiger partial charge in [0.1, 0.15) is 11.5 Å². The first kappa shape index (κ1) is 11.1. The van der Waals surface area contributed by atoms with Crippen LogP contribution in [0.1, 0.15) is 11.1 Å². The molecule has 78 valence electrons. The first-order chi connectivity index (χ1) is 6.29. The minimum atomic E-state index is -3.73. The van der Waals surface area contributed by atoms with Crippen LogP contribution in [0.15, 0.2) is 12.1 Å². The highest BCUT2D eigenvalue weighted by Crippen LogP contribution is 2.28. The van der Waals surface area contributed by atoms with Gasteiger partial charge in [0.2, 0.25) is 9.05 Å². The van der Waals surface area contributed by atoms with Crippen molar-refractivity contribution in [3.8, 4) is 11.5 Å². The second-order valence-corrected chi connectivity index (χ2v) is 5.73. The highest BCUT2D eigenvalue weighted by atomic mass is 35.7. The van der Waals surface area contributed by atoms with Gasteiger partial charge < -0.3 is 10.2 Å². The second kappa shape index (κ2) is 3.67. The first-order valence-electron chi connectivity index (χ1n) is 3.73. The molecule has 0 aliphatic heterocycles. The fourth-order valence-corrected chi connectivity index (χ4v) is 1.98. The van der Waals surface area contributed by atoms with Crippen LogP contribution in [-0.4, -0.2) is 18.6 Å². The molecule has 0 spiro atoms. The highest BCUT2D eigenvalue weighted by molar-refractivity contribution is 8.13. The maximum Gasteiger partial charge on any atom is 0.236 e. The fourth-order valence-electron chi connectivity index (χ4n) is 1.03. The number of phenolic OH excluding ortho intramolecular Hbond substituents is 2. The monoisotopic (exact) mass is 236 g/mol. The lowest BCUT2D eigenvalue weighted by atomic mass is 10.1. The normalized spacial score (nSPS) is 11.6. The van der Waals surface area contributed by atoms with E-state index in [4.69, 9.17) is 10.7 Å². The Kier molecular flexibility index (Phi) is 2.92. The number of halogens is 1. The van der Waals surface area contributed by atoms with Crippen LogP contribution in [0.4, 0.5) is 0 Å². The van der Waals surface area contributed by atoms with Crippen molar-refractivity contribution in [2.75, 3.05) is 0 Å². The van der Waals surface area contributed by atoms with Crippen molar-refractivity contribution in [2.24, 2.45) is 0 Å². The lowest BCUT2D eigenvalue weighted by Gasteiger charge is -2.05. The second-order valence-electron chi connectivity index (χ2n) is 2.95. The average molecular weight is 237 g/mol. The van der Waals surface area contributed by atoms with Crippen LogP contribution in [0.25, 0.3) is 0 Å². The lowest BCUT2D eigenvalue weighted by molar-refractivity contribution is 0.452. The molecular formula is C8H9ClO4S. The summed E-state index contributed by atoms with van der Waals surface area (Å²) in [5, 5.41) is 18.6. The summed E-state index contributed by atoms with van der Waals surface area (Å²) in [4.78, 5) is 0. The van der Waals surface area contributed by atoms with Crippen molar-refractivity contribution in [2.45, 2.75) is 12.7 Å². The van der Waals surface area contributed by atoms with Gasteiger partial charge in [-0.15, -0.1) is 0 Å². The van der Waals surface area contributed by atoms with E-state index in [0.717, 1.165) is 0 Å². The van der Waals surface area contributed by atoms with Crippen LogP contribution >= 0.6 is 10.7 Å². The molecule has 0 amide bonds. The third-order valence-electron chi connectivity index (χ3n) is 1.73. The smallest absolute Gasteiger partial charge is 0.236 e. The van der Waals surface area contributed by atoms with Crippen LogP contribution in [0.2, 0.25) is 0 Å². The van der Waals surface area contributed by atoms with Gasteiger partial charge in [-0.2, -0.15) is 0 Å². The molecule has 14 heavy (non-hydrogen) atoms. The van der Waals surface area contributed by atoms with Gasteiger partial charge in [0.05, 0.1) is 5.75 Å². The fraction of sp³-hybridized carbons (Fsp3) is 0.250. The summed E-state index contributed by atoms with van der Waals surface area (Å²) in [7, 11) is 1.28. The summed E-state index contributed by atoms with van der Waals surface area (Å²) in [6.07, 6.45) is 0. The van der Waals surface area contributed by atoms with E-state index in [2.05, 4.69) is 0 Å². The van der Waals surface area contributed by atoms with Crippen LogP contribution < -0.4 is 0 Å². The van der Waals surface area contributed by atoms with E-state index in [9.17, 15) is 18.6 Å². The molecule has 1 aromatic rings. The molecule has 0 bridgehead atoms. The summed E-state index contributed by atoms with van der Waals surface area (Å²) >= 11 is 0. The number of hydrogen-bond donors (Lipinski definition) is 2. The van der Waals surface area contributed by atoms with Gasteiger partial charge in [0.15, 0.2) is 0 Å². The highest BCUT2D eigenvalue weighted by Gasteiger charge is 2.13. The zero-order valence-corrected chi connectivity index (χ0v) is 8.93. The summed E-state index contributed by atoms with van der Waals surface area (Å²) < 4.78 is 21.4. The van der Waals surface area contributed by atoms with Gasteiger partial charge in [0.25, 0.3) is 0 Å². The molecule has 0 unspecified atom stereocenters. The van der Waals surface area contributed by atoms with Crippen molar-refractivity contribution >= 4 is 19.7 Å². The maximum atomic E-state index is 10.7. The van der Waals surface area contributed by atoms with E-state index < -0.39 is 14.8 Å². The molecule has 0 radical (unpaired) electrons. The zero-order chi connectivity index (χ0) is 10.9. The van der Waals surface area contributed by atoms with E-state index in [1.54, 1.807) is 6.92 Å². The lowest BCUT2D eigenvalue weighted by Crippen LogP contribution is -1.95. The molecule has 6 heteroatoms. The van der Waals surface area contributed by atoms with Crippen LogP contribution in [0.5, 0.6) is 11.5 Å². The number of aromatic hydroxyl groups is 2. The SMILES string of the molecule is Cc1cc(O)c(CS(=O)(=O)Cl)cc1O. The van der Waals surface area contributed by atoms with Crippen molar-refractivity contribution in [3.63, 3.8) is 0 Å². The Hall–Kier alpha value is -0.940. The Morgan fingerprint density at radius 3 is 2.36 bits per heavy atom. The van der Waals surface area contributed by atoms with E-state index >= 15 is 0 Å². The maximum absolute atomic E-state index is 10.7. The quantitative estimate of drug-likeness (QED) is 0.603. The molecule has 0 fully saturated rings. The molecule has 0 saturated carbocycles. The Morgan fingerprint density at radius 2 is 1.86 bits per heavy atom. The average Bonchev–Trinajstić information content (AvgIpc) is 1.97. The van der Waals surface area contributed by atoms with E-state index in [-0.39, 0.29) is 17.1 Å². The van der Waals surface area contributed by atoms with Crippen molar-refractivity contribution in [1.82, 2.24) is 0 Å². The Balaban J connectivity index is 3.17. The van der Waals surface area contributed by atoms with Gasteiger partial charge in [-0.3, -0.25) is 0 Å². The molecule has 1 rings (SSSR count). The number of hydrogen-bond acceptors (Lipinski definition) is 4. The number of rotatable bonds is 2. The topological polar surface area (TPSA) is 74.6 Å². The van der Waals surface area contributed by atoms with Crippen molar-refractivity contribution in [3.05, 3.63) is 23.3 Å². The van der Waals surface area contributed by atoms with Gasteiger partial charge in [-0.25, -0.2) is 8.42 Å². The summed E-state index contributed by atoms with van der Waals surface area (Å²) in [5.41, 5.74) is 0.557. The molecule has 2 N–H and O–H groups in total. The summed E-state index contributed by atoms with van der Waals surface area (Å²) in [5.74, 6) is -0.767. The molecule has 0 saturated heterocycles. The predicted molar refractivity (Wildman–Crippen MR) is 53.0 cm³/mol. The van der Waals surface area contributed by atoms with Crippen LogP contribution in [0, 0.1) is 6.92 Å². The van der Waals surface area contributed by atoms with Crippen LogP contribution in [0.3, 0.4) is 0 Å². The summed E-state index contributed by atoms with van der Waals surface area (Å²) in [6, 6.07) is 2.47. The minimum Gasteiger partial charge on any atom is -0.508 e. The third kappa shape index (κ3) is 2.78. The number of benzene rings is 1. The molecule has 4 nitrogen and oxygen atoms in total. The standard InChI is InChI=1S/C8H9ClO4S/c1-5-2-8(11)6(3-7(5)10)4-14(9,12)13/h2-3,10-11H,4H2,1H3. The molecule has 0 aliphatic carbocycles. The first-order valence-corrected chi connectivity index (χ1v) is 6.21. The van der Waals surface area contributed by atoms with Gasteiger partial charge in [-0.1, -0.05) is 0 Å². The molecular weight excluding hydrogens is 228 g/mol. The van der Waals surface area contributed by atoms with E-state index in [0.29, 0.717) is 5.56 Å². The Morgan fingerprint density at radius 1 is 1.29 bits per heavy atom. The summed E-state index contributed by atoms with van der Waals surface area (Å²) in [6.45, 7) is 1.59. The third-order valence-corrected chi connectivity index (χ3v) is 2.71. The molecule has 1 aromatic carbocycles. The van der Waals surface area contributed by atoms with Crippen molar-refractivity contribution in [1.29, 1.82) is 0 Å². The Labute approximate surface area is 86.2 Å². The van der Waals surface area contributed by atoms with E-state index in [1.807, 2.05) is 0 Å². The van der Waals surface area contributed by atoms with Crippen LogP contribution in [-0.2, 0) is 14.8 Å². The van der Waals surface area contributed by atoms with Gasteiger partial charge >= 0.3 is 0 Å².